The van der Waals surface area contributed by atoms with E-state index in [-0.39, 0.29) is 0 Å². The molecule has 1 aliphatic carbocycles. The zero-order chi connectivity index (χ0) is 18.1. The minimum Gasteiger partial charge on any atom is -0.454 e. The molecule has 2 aromatic heterocycles. The number of hydrogen-bond acceptors (Lipinski definition) is 2. The number of nitrogens with zero attached hydrogens (tertiary/aromatic N) is 1. The van der Waals surface area contributed by atoms with E-state index in [0.717, 1.165) is 11.5 Å². The zero-order valence-electron chi connectivity index (χ0n) is 15.7. The first kappa shape index (κ1) is 15.6. The van der Waals surface area contributed by atoms with E-state index in [1.54, 1.807) is 0 Å². The van der Waals surface area contributed by atoms with Gasteiger partial charge in [0.25, 0.3) is 0 Å². The van der Waals surface area contributed by atoms with Gasteiger partial charge in [-0.2, -0.15) is 0 Å². The van der Waals surface area contributed by atoms with Crippen LogP contribution in [0.15, 0.2) is 42.6 Å². The normalized spacial score (nSPS) is 16.1. The monoisotopic (exact) mass is 372 g/mol. The van der Waals surface area contributed by atoms with Crippen LogP contribution in [-0.2, 0) is 7.05 Å². The predicted octanol–water partition coefficient (Wildman–Crippen LogP) is 6.62. The Balaban J connectivity index is 1.73. The summed E-state index contributed by atoms with van der Waals surface area (Å²) in [5, 5.41) is 3.88. The second-order valence-electron chi connectivity index (χ2n) is 7.99. The van der Waals surface area contributed by atoms with Gasteiger partial charge in [0, 0.05) is 6.07 Å². The van der Waals surface area contributed by atoms with Crippen molar-refractivity contribution in [2.75, 3.05) is 0 Å². The first-order valence-corrected chi connectivity index (χ1v) is 10.7. The van der Waals surface area contributed by atoms with E-state index in [9.17, 15) is 0 Å². The fourth-order valence-corrected chi connectivity index (χ4v) is 6.36. The van der Waals surface area contributed by atoms with Crippen LogP contribution in [0.3, 0.4) is 0 Å². The van der Waals surface area contributed by atoms with Gasteiger partial charge in [-0.15, -0.1) is 11.3 Å². The summed E-state index contributed by atoms with van der Waals surface area (Å²) in [7, 11) is 2.16. The topological polar surface area (TPSA) is 13.1 Å². The van der Waals surface area contributed by atoms with E-state index >= 15 is 0 Å². The molecule has 2 aromatic carbocycles. The van der Waals surface area contributed by atoms with Crippen molar-refractivity contribution in [2.24, 2.45) is 7.05 Å². The molecule has 0 radical (unpaired) electrons. The molecule has 0 N–H and O–H groups in total. The van der Waals surface area contributed by atoms with Crippen LogP contribution in [0.5, 0.6) is 11.5 Å². The molecule has 0 spiro atoms. The average Bonchev–Trinajstić information content (AvgIpc) is 3.32. The predicted molar refractivity (Wildman–Crippen MR) is 112 cm³/mol. The van der Waals surface area contributed by atoms with E-state index in [2.05, 4.69) is 61.1 Å². The number of fused-ring (bicyclic) bond motifs is 3. The van der Waals surface area contributed by atoms with E-state index in [1.807, 2.05) is 11.3 Å². The largest absolute Gasteiger partial charge is 0.454 e. The highest BCUT2D eigenvalue weighted by molar-refractivity contribution is 7.19. The zero-order valence-corrected chi connectivity index (χ0v) is 16.5. The summed E-state index contributed by atoms with van der Waals surface area (Å²) in [4.78, 5) is 1.46. The highest BCUT2D eigenvalue weighted by Gasteiger charge is 2.35. The van der Waals surface area contributed by atoms with Gasteiger partial charge in [-0.3, -0.25) is 0 Å². The Labute approximate surface area is 163 Å². The van der Waals surface area contributed by atoms with E-state index in [4.69, 9.17) is 4.74 Å². The molecular formula is C24H22NOS+. The van der Waals surface area contributed by atoms with Crippen LogP contribution in [0.25, 0.3) is 32.1 Å². The molecule has 134 valence electrons. The summed E-state index contributed by atoms with van der Waals surface area (Å²) in [5.74, 6) is 2.81. The summed E-state index contributed by atoms with van der Waals surface area (Å²) in [5.41, 5.74) is 3.88. The van der Waals surface area contributed by atoms with Crippen LogP contribution in [-0.4, -0.2) is 0 Å². The highest BCUT2D eigenvalue weighted by atomic mass is 32.1. The number of aryl methyl sites for hydroxylation is 2. The maximum Gasteiger partial charge on any atom is 0.228 e. The van der Waals surface area contributed by atoms with Crippen LogP contribution in [0.1, 0.15) is 42.0 Å². The maximum atomic E-state index is 6.67. The van der Waals surface area contributed by atoms with Crippen LogP contribution < -0.4 is 9.30 Å². The molecule has 1 saturated carbocycles. The SMILES string of the molecule is Cc1c2c(cc3ccccc13)Oc1c(C3CCCC3)sc3cc[n+](C)c-2c13. The van der Waals surface area contributed by atoms with Gasteiger partial charge >= 0.3 is 0 Å². The van der Waals surface area contributed by atoms with Crippen LogP contribution in [0, 0.1) is 6.92 Å². The average molecular weight is 373 g/mol. The Kier molecular flexibility index (Phi) is 3.22. The summed E-state index contributed by atoms with van der Waals surface area (Å²) >= 11 is 1.95. The standard InChI is InChI=1S/C24H22NOS/c1-14-17-10-6-5-9-16(17)13-18-20(14)22-21-19(11-12-25(22)2)27-24(23(21)26-18)15-7-3-4-8-15/h5-6,9-13,15H,3-4,7-8H2,1-2H3/q+1. The number of pyridine rings is 1. The molecule has 27 heavy (non-hydrogen) atoms. The number of aromatic nitrogens is 1. The van der Waals surface area contributed by atoms with Gasteiger partial charge in [0.2, 0.25) is 5.69 Å². The minimum absolute atomic E-state index is 0.665. The van der Waals surface area contributed by atoms with Crippen LogP contribution in [0.4, 0.5) is 0 Å². The molecule has 0 amide bonds. The Morgan fingerprint density at radius 1 is 1.11 bits per heavy atom. The Bertz CT molecular complexity index is 1230. The quantitative estimate of drug-likeness (QED) is 0.301. The molecule has 2 aliphatic rings. The van der Waals surface area contributed by atoms with Crippen molar-refractivity contribution in [1.82, 2.24) is 0 Å². The lowest BCUT2D eigenvalue weighted by molar-refractivity contribution is -0.659. The molecule has 0 atom stereocenters. The summed E-state index contributed by atoms with van der Waals surface area (Å²) in [6.07, 6.45) is 7.50. The number of ether oxygens (including phenoxy) is 1. The molecular weight excluding hydrogens is 350 g/mol. The minimum atomic E-state index is 0.665. The first-order valence-electron chi connectivity index (χ1n) is 9.88. The fraction of sp³-hybridized carbons (Fsp3) is 0.292. The van der Waals surface area contributed by atoms with E-state index < -0.39 is 0 Å². The van der Waals surface area contributed by atoms with Crippen LogP contribution >= 0.6 is 11.3 Å². The van der Waals surface area contributed by atoms with Gasteiger partial charge in [-0.1, -0.05) is 37.1 Å². The van der Waals surface area contributed by atoms with Crippen molar-refractivity contribution >= 4 is 32.2 Å². The summed E-state index contributed by atoms with van der Waals surface area (Å²) in [6, 6.07) is 13.1. The van der Waals surface area contributed by atoms with Gasteiger partial charge in [0.15, 0.2) is 11.9 Å². The Hall–Kier alpha value is -2.39. The van der Waals surface area contributed by atoms with Gasteiger partial charge in [-0.25, -0.2) is 4.57 Å². The second-order valence-corrected chi connectivity index (χ2v) is 9.07. The third-order valence-corrected chi connectivity index (χ3v) is 7.70. The number of rotatable bonds is 1. The summed E-state index contributed by atoms with van der Waals surface area (Å²) < 4.78 is 10.3. The van der Waals surface area contributed by atoms with E-state index in [1.165, 1.54) is 68.2 Å². The van der Waals surface area contributed by atoms with E-state index in [0.29, 0.717) is 5.92 Å². The summed E-state index contributed by atoms with van der Waals surface area (Å²) in [6.45, 7) is 2.23. The van der Waals surface area contributed by atoms with Crippen molar-refractivity contribution in [3.63, 3.8) is 0 Å². The number of hydrogen-bond donors (Lipinski definition) is 0. The van der Waals surface area contributed by atoms with Crippen molar-refractivity contribution in [3.8, 4) is 22.8 Å². The molecule has 1 aliphatic heterocycles. The highest BCUT2D eigenvalue weighted by Crippen LogP contribution is 2.55. The maximum absolute atomic E-state index is 6.67. The Morgan fingerprint density at radius 2 is 1.93 bits per heavy atom. The van der Waals surface area contributed by atoms with Crippen molar-refractivity contribution < 1.29 is 9.30 Å². The molecule has 0 saturated heterocycles. The molecule has 1 fully saturated rings. The van der Waals surface area contributed by atoms with Gasteiger partial charge in [0.05, 0.1) is 15.1 Å². The molecule has 2 nitrogen and oxygen atoms in total. The molecule has 0 bridgehead atoms. The third-order valence-electron chi connectivity index (χ3n) is 6.40. The second kappa shape index (κ2) is 5.56. The first-order chi connectivity index (χ1) is 13.2. The smallest absolute Gasteiger partial charge is 0.228 e. The number of thiophene rings is 1. The van der Waals surface area contributed by atoms with Gasteiger partial charge < -0.3 is 4.74 Å². The Morgan fingerprint density at radius 3 is 2.78 bits per heavy atom. The van der Waals surface area contributed by atoms with Crippen LogP contribution in [0.2, 0.25) is 0 Å². The lowest BCUT2D eigenvalue weighted by Gasteiger charge is -2.21. The lowest BCUT2D eigenvalue weighted by atomic mass is 9.92. The van der Waals surface area contributed by atoms with Crippen molar-refractivity contribution in [3.05, 3.63) is 53.0 Å². The number of benzene rings is 2. The van der Waals surface area contributed by atoms with Crippen molar-refractivity contribution in [2.45, 2.75) is 38.5 Å². The van der Waals surface area contributed by atoms with Crippen molar-refractivity contribution in [1.29, 1.82) is 0 Å². The molecule has 4 aromatic rings. The molecule has 3 heterocycles. The van der Waals surface area contributed by atoms with Gasteiger partial charge in [-0.05, 0) is 48.1 Å². The van der Waals surface area contributed by atoms with Gasteiger partial charge in [0.1, 0.15) is 18.2 Å². The fourth-order valence-electron chi connectivity index (χ4n) is 5.06. The molecule has 6 rings (SSSR count). The third kappa shape index (κ3) is 2.09. The lowest BCUT2D eigenvalue weighted by Crippen LogP contribution is -2.31. The molecule has 0 unspecified atom stereocenters. The molecule has 3 heteroatoms.